The van der Waals surface area contributed by atoms with Gasteiger partial charge in [0.25, 0.3) is 0 Å². The van der Waals surface area contributed by atoms with Crippen LogP contribution in [0, 0.1) is 0 Å². The van der Waals surface area contributed by atoms with Gasteiger partial charge in [-0.05, 0) is 36.4 Å². The Balaban J connectivity index is 1.30. The van der Waals surface area contributed by atoms with Crippen LogP contribution in [-0.4, -0.2) is 49.2 Å². The Morgan fingerprint density at radius 2 is 0.676 bits per heavy atom. The van der Waals surface area contributed by atoms with E-state index >= 15 is 0 Å². The summed E-state index contributed by atoms with van der Waals surface area (Å²) in [5.74, 6) is 2.59. The molecule has 0 radical (unpaired) electrons. The molecule has 0 N–H and O–H groups in total. The van der Waals surface area contributed by atoms with Gasteiger partial charge >= 0.3 is 9.53 Å². The minimum atomic E-state index is -2.25. The fraction of sp³-hybridized carbons (Fsp3) is 0.333. The molecule has 34 heavy (non-hydrogen) atoms. The fourth-order valence-electron chi connectivity index (χ4n) is 2.98. The Morgan fingerprint density at radius 1 is 0.382 bits per heavy atom. The molecule has 0 amide bonds. The Kier molecular flexibility index (Phi) is 12.7. The van der Waals surface area contributed by atoms with Crippen LogP contribution in [-0.2, 0) is 13.3 Å². The highest BCUT2D eigenvalue weighted by Gasteiger charge is 2.15. The van der Waals surface area contributed by atoms with E-state index in [1.54, 1.807) is 0 Å². The van der Waals surface area contributed by atoms with Crippen molar-refractivity contribution >= 4 is 9.53 Å². The second-order valence-corrected chi connectivity index (χ2v) is 9.02. The van der Waals surface area contributed by atoms with Crippen molar-refractivity contribution in [3.05, 3.63) is 91.0 Å². The van der Waals surface area contributed by atoms with Gasteiger partial charge in [0.2, 0.25) is 0 Å². The van der Waals surface area contributed by atoms with Crippen molar-refractivity contribution in [3.8, 4) is 17.2 Å². The summed E-state index contributed by atoms with van der Waals surface area (Å²) in [5.41, 5.74) is 0. The van der Waals surface area contributed by atoms with Gasteiger partial charge in [-0.1, -0.05) is 54.6 Å². The molecule has 3 rings (SSSR count). The molecule has 0 saturated carbocycles. The molecule has 0 fully saturated rings. The Hall–Kier alpha value is -2.84. The maximum absolute atomic E-state index is 5.94. The SMILES string of the molecule is c1ccc(OCCCO[SiH](OCCCOc2ccccc2)OCCCOc2ccccc2)cc1. The number of para-hydroxylation sites is 3. The summed E-state index contributed by atoms with van der Waals surface area (Å²) in [6.07, 6.45) is 2.29. The van der Waals surface area contributed by atoms with Crippen molar-refractivity contribution in [2.45, 2.75) is 19.3 Å². The van der Waals surface area contributed by atoms with Crippen LogP contribution in [0.3, 0.4) is 0 Å². The zero-order chi connectivity index (χ0) is 23.5. The van der Waals surface area contributed by atoms with Gasteiger partial charge < -0.3 is 27.5 Å². The zero-order valence-electron chi connectivity index (χ0n) is 19.6. The second kappa shape index (κ2) is 16.7. The first kappa shape index (κ1) is 25.8. The first-order chi connectivity index (χ1) is 16.9. The van der Waals surface area contributed by atoms with E-state index in [0.29, 0.717) is 39.6 Å². The number of hydrogen-bond acceptors (Lipinski definition) is 6. The summed E-state index contributed by atoms with van der Waals surface area (Å²) in [4.78, 5) is 0. The van der Waals surface area contributed by atoms with Crippen LogP contribution in [0.2, 0.25) is 0 Å². The van der Waals surface area contributed by atoms with Gasteiger partial charge in [0.15, 0.2) is 0 Å². The van der Waals surface area contributed by atoms with E-state index in [0.717, 1.165) is 36.5 Å². The van der Waals surface area contributed by atoms with Gasteiger partial charge in [-0.25, -0.2) is 0 Å². The molecule has 0 saturated heterocycles. The lowest BCUT2D eigenvalue weighted by Gasteiger charge is -2.17. The van der Waals surface area contributed by atoms with Crippen molar-refractivity contribution in [2.24, 2.45) is 0 Å². The van der Waals surface area contributed by atoms with Gasteiger partial charge in [0, 0.05) is 39.1 Å². The van der Waals surface area contributed by atoms with Crippen molar-refractivity contribution < 1.29 is 27.5 Å². The lowest BCUT2D eigenvalue weighted by Crippen LogP contribution is -2.30. The topological polar surface area (TPSA) is 55.4 Å². The number of rotatable bonds is 18. The van der Waals surface area contributed by atoms with Gasteiger partial charge in [0.1, 0.15) is 17.2 Å². The minimum Gasteiger partial charge on any atom is -0.494 e. The molecule has 182 valence electrons. The molecule has 0 unspecified atom stereocenters. The normalized spacial score (nSPS) is 10.9. The molecule has 0 aliphatic carbocycles. The Morgan fingerprint density at radius 3 is 0.971 bits per heavy atom. The van der Waals surface area contributed by atoms with E-state index in [4.69, 9.17) is 27.5 Å². The van der Waals surface area contributed by atoms with Gasteiger partial charge in [-0.3, -0.25) is 0 Å². The molecule has 0 bridgehead atoms. The summed E-state index contributed by atoms with van der Waals surface area (Å²) < 4.78 is 35.0. The Bertz CT molecular complexity index is 748. The van der Waals surface area contributed by atoms with Crippen LogP contribution >= 0.6 is 0 Å². The highest BCUT2D eigenvalue weighted by molar-refractivity contribution is 6.36. The largest absolute Gasteiger partial charge is 0.494 e. The third kappa shape index (κ3) is 11.3. The van der Waals surface area contributed by atoms with Crippen molar-refractivity contribution in [3.63, 3.8) is 0 Å². The molecule has 3 aromatic carbocycles. The van der Waals surface area contributed by atoms with Crippen LogP contribution in [0.25, 0.3) is 0 Å². The quantitative estimate of drug-likeness (QED) is 0.184. The van der Waals surface area contributed by atoms with Crippen molar-refractivity contribution in [1.82, 2.24) is 0 Å². The summed E-state index contributed by atoms with van der Waals surface area (Å²) in [7, 11) is -2.25. The molecule has 0 heterocycles. The highest BCUT2D eigenvalue weighted by atomic mass is 28.3. The molecule has 0 atom stereocenters. The maximum Gasteiger partial charge on any atom is 0.484 e. The monoisotopic (exact) mass is 482 g/mol. The number of benzene rings is 3. The van der Waals surface area contributed by atoms with Crippen LogP contribution in [0.15, 0.2) is 91.0 Å². The predicted molar refractivity (Wildman–Crippen MR) is 135 cm³/mol. The summed E-state index contributed by atoms with van der Waals surface area (Å²) in [6.45, 7) is 3.35. The smallest absolute Gasteiger partial charge is 0.484 e. The summed E-state index contributed by atoms with van der Waals surface area (Å²) in [5, 5.41) is 0. The van der Waals surface area contributed by atoms with E-state index in [9.17, 15) is 0 Å². The zero-order valence-corrected chi connectivity index (χ0v) is 20.7. The summed E-state index contributed by atoms with van der Waals surface area (Å²) in [6, 6.07) is 29.3. The lowest BCUT2D eigenvalue weighted by atomic mass is 10.3. The molecular weight excluding hydrogens is 448 g/mol. The first-order valence-corrected chi connectivity index (χ1v) is 13.2. The molecule has 0 aliphatic rings. The van der Waals surface area contributed by atoms with Crippen LogP contribution in [0.5, 0.6) is 17.2 Å². The lowest BCUT2D eigenvalue weighted by molar-refractivity contribution is 0.0803. The average Bonchev–Trinajstić information content (AvgIpc) is 2.89. The third-order valence-corrected chi connectivity index (χ3v) is 6.19. The van der Waals surface area contributed by atoms with Crippen LogP contribution < -0.4 is 14.2 Å². The van der Waals surface area contributed by atoms with Crippen LogP contribution in [0.4, 0.5) is 0 Å². The van der Waals surface area contributed by atoms with Crippen LogP contribution in [0.1, 0.15) is 19.3 Å². The molecule has 0 spiro atoms. The van der Waals surface area contributed by atoms with Gasteiger partial charge in [0.05, 0.1) is 19.8 Å². The average molecular weight is 483 g/mol. The Labute approximate surface area is 204 Å². The fourth-order valence-corrected chi connectivity index (χ4v) is 4.35. The van der Waals surface area contributed by atoms with E-state index in [-0.39, 0.29) is 0 Å². The standard InChI is InChI=1S/C27H34O6Si/c1-4-13-25(14-5-1)28-19-10-22-31-34(32-23-11-20-29-26-15-6-2-7-16-26)33-24-12-21-30-27-17-8-3-9-18-27/h1-9,13-18,34H,10-12,19-24H2. The molecule has 3 aromatic rings. The molecule has 7 heteroatoms. The van der Waals surface area contributed by atoms with Crippen molar-refractivity contribution in [1.29, 1.82) is 0 Å². The highest BCUT2D eigenvalue weighted by Crippen LogP contribution is 2.10. The first-order valence-electron chi connectivity index (χ1n) is 11.8. The van der Waals surface area contributed by atoms with Gasteiger partial charge in [-0.15, -0.1) is 0 Å². The molecule has 6 nitrogen and oxygen atoms in total. The van der Waals surface area contributed by atoms with E-state index in [2.05, 4.69) is 0 Å². The third-order valence-electron chi connectivity index (χ3n) is 4.66. The molecule has 0 aliphatic heterocycles. The molecule has 0 aromatic heterocycles. The van der Waals surface area contributed by atoms with Crippen molar-refractivity contribution in [2.75, 3.05) is 39.6 Å². The number of hydrogen-bond donors (Lipinski definition) is 0. The maximum atomic E-state index is 5.94. The predicted octanol–water partition coefficient (Wildman–Crippen LogP) is 5.16. The summed E-state index contributed by atoms with van der Waals surface area (Å²) >= 11 is 0. The van der Waals surface area contributed by atoms with E-state index in [1.165, 1.54) is 0 Å². The van der Waals surface area contributed by atoms with E-state index in [1.807, 2.05) is 91.0 Å². The molecular formula is C27H34O6Si. The number of ether oxygens (including phenoxy) is 3. The minimum absolute atomic E-state index is 0.532. The van der Waals surface area contributed by atoms with E-state index < -0.39 is 9.53 Å². The van der Waals surface area contributed by atoms with Gasteiger partial charge in [-0.2, -0.15) is 0 Å². The second-order valence-electron chi connectivity index (χ2n) is 7.45.